The van der Waals surface area contributed by atoms with Gasteiger partial charge in [-0.25, -0.2) is 0 Å². The van der Waals surface area contributed by atoms with E-state index in [-0.39, 0.29) is 6.04 Å². The van der Waals surface area contributed by atoms with Crippen molar-refractivity contribution >= 4 is 10.9 Å². The van der Waals surface area contributed by atoms with E-state index in [0.29, 0.717) is 0 Å². The third-order valence-corrected chi connectivity index (χ3v) is 2.17. The van der Waals surface area contributed by atoms with Gasteiger partial charge in [0, 0.05) is 24.7 Å². The van der Waals surface area contributed by atoms with Gasteiger partial charge in [0.1, 0.15) is 0 Å². The molecule has 1 aromatic carbocycles. The van der Waals surface area contributed by atoms with Gasteiger partial charge in [-0.1, -0.05) is 18.2 Å². The van der Waals surface area contributed by atoms with E-state index >= 15 is 0 Å². The number of hydrogen-bond acceptors (Lipinski definition) is 2. The molecule has 2 rings (SSSR count). The topological polar surface area (TPSA) is 43.8 Å². The van der Waals surface area contributed by atoms with Crippen LogP contribution in [0.2, 0.25) is 0 Å². The fourth-order valence-corrected chi connectivity index (χ4v) is 1.55. The summed E-state index contributed by atoms with van der Waals surface area (Å²) < 4.78 is 1.82. The van der Waals surface area contributed by atoms with Gasteiger partial charge in [0.2, 0.25) is 0 Å². The molecule has 1 heterocycles. The lowest BCUT2D eigenvalue weighted by molar-refractivity contribution is 0.769. The Morgan fingerprint density at radius 2 is 2.23 bits per heavy atom. The molecule has 3 heteroatoms. The van der Waals surface area contributed by atoms with E-state index in [1.165, 1.54) is 0 Å². The molecule has 0 bridgehead atoms. The molecule has 0 aliphatic rings. The number of aryl methyl sites for hydroxylation is 1. The van der Waals surface area contributed by atoms with Crippen molar-refractivity contribution in [2.24, 2.45) is 12.8 Å². The second kappa shape index (κ2) is 2.85. The van der Waals surface area contributed by atoms with E-state index < -0.39 is 0 Å². The van der Waals surface area contributed by atoms with Crippen LogP contribution in [0.3, 0.4) is 0 Å². The van der Waals surface area contributed by atoms with Gasteiger partial charge >= 0.3 is 0 Å². The Morgan fingerprint density at radius 1 is 1.46 bits per heavy atom. The van der Waals surface area contributed by atoms with Gasteiger partial charge in [-0.2, -0.15) is 5.10 Å². The molecule has 2 aromatic rings. The summed E-state index contributed by atoms with van der Waals surface area (Å²) in [7, 11) is 1.92. The number of nitrogens with zero attached hydrogens (tertiary/aromatic N) is 2. The maximum Gasteiger partial charge on any atom is 0.0970 e. The lowest BCUT2D eigenvalue weighted by Crippen LogP contribution is -2.05. The van der Waals surface area contributed by atoms with Crippen LogP contribution in [-0.4, -0.2) is 9.78 Å². The van der Waals surface area contributed by atoms with Crippen molar-refractivity contribution < 1.29 is 0 Å². The zero-order valence-electron chi connectivity index (χ0n) is 7.86. The van der Waals surface area contributed by atoms with Gasteiger partial charge in [0.05, 0.1) is 5.52 Å². The van der Waals surface area contributed by atoms with Crippen molar-refractivity contribution in [3.05, 3.63) is 30.0 Å². The molecule has 0 amide bonds. The van der Waals surface area contributed by atoms with Crippen LogP contribution in [0.1, 0.15) is 18.5 Å². The van der Waals surface area contributed by atoms with Crippen LogP contribution in [0.15, 0.2) is 24.4 Å². The molecular formula is C10H13N3. The SMILES string of the molecule is C[C@H](N)c1cccc2cn(C)nc12. The van der Waals surface area contributed by atoms with Crippen molar-refractivity contribution in [1.29, 1.82) is 0 Å². The lowest BCUT2D eigenvalue weighted by atomic mass is 10.1. The Morgan fingerprint density at radius 3 is 2.92 bits per heavy atom. The largest absolute Gasteiger partial charge is 0.324 e. The van der Waals surface area contributed by atoms with Crippen LogP contribution >= 0.6 is 0 Å². The zero-order chi connectivity index (χ0) is 9.42. The number of rotatable bonds is 1. The van der Waals surface area contributed by atoms with E-state index in [1.54, 1.807) is 0 Å². The van der Waals surface area contributed by atoms with Gasteiger partial charge in [-0.15, -0.1) is 0 Å². The molecule has 0 fully saturated rings. The van der Waals surface area contributed by atoms with E-state index in [1.807, 2.05) is 43.0 Å². The van der Waals surface area contributed by atoms with Gasteiger partial charge in [-0.05, 0) is 12.5 Å². The summed E-state index contributed by atoms with van der Waals surface area (Å²) >= 11 is 0. The molecule has 0 aliphatic carbocycles. The van der Waals surface area contributed by atoms with Crippen LogP contribution in [0, 0.1) is 0 Å². The van der Waals surface area contributed by atoms with Gasteiger partial charge in [0.25, 0.3) is 0 Å². The molecule has 1 aromatic heterocycles. The van der Waals surface area contributed by atoms with E-state index in [0.717, 1.165) is 16.5 Å². The molecule has 68 valence electrons. The predicted molar refractivity (Wildman–Crippen MR) is 53.3 cm³/mol. The summed E-state index contributed by atoms with van der Waals surface area (Å²) in [6, 6.07) is 6.13. The van der Waals surface area contributed by atoms with Crippen molar-refractivity contribution in [1.82, 2.24) is 9.78 Å². The Hall–Kier alpha value is -1.35. The maximum atomic E-state index is 5.84. The summed E-state index contributed by atoms with van der Waals surface area (Å²) in [6.45, 7) is 1.98. The summed E-state index contributed by atoms with van der Waals surface area (Å²) in [5.74, 6) is 0. The van der Waals surface area contributed by atoms with Gasteiger partial charge in [-0.3, -0.25) is 4.68 Å². The van der Waals surface area contributed by atoms with Crippen molar-refractivity contribution in [3.8, 4) is 0 Å². The van der Waals surface area contributed by atoms with Gasteiger partial charge < -0.3 is 5.73 Å². The highest BCUT2D eigenvalue weighted by Crippen LogP contribution is 2.20. The van der Waals surface area contributed by atoms with E-state index in [4.69, 9.17) is 5.73 Å². The van der Waals surface area contributed by atoms with E-state index in [2.05, 4.69) is 5.10 Å². The highest BCUT2D eigenvalue weighted by Gasteiger charge is 2.07. The third-order valence-electron chi connectivity index (χ3n) is 2.17. The quantitative estimate of drug-likeness (QED) is 0.715. The van der Waals surface area contributed by atoms with Crippen LogP contribution in [0.4, 0.5) is 0 Å². The fraction of sp³-hybridized carbons (Fsp3) is 0.300. The molecule has 0 aliphatic heterocycles. The molecule has 0 radical (unpaired) electrons. The van der Waals surface area contributed by atoms with E-state index in [9.17, 15) is 0 Å². The number of benzene rings is 1. The molecule has 0 saturated carbocycles. The highest BCUT2D eigenvalue weighted by atomic mass is 15.2. The van der Waals surface area contributed by atoms with Crippen molar-refractivity contribution in [3.63, 3.8) is 0 Å². The molecule has 0 unspecified atom stereocenters. The molecule has 13 heavy (non-hydrogen) atoms. The first-order valence-electron chi connectivity index (χ1n) is 4.36. The van der Waals surface area contributed by atoms with Crippen LogP contribution in [0.25, 0.3) is 10.9 Å². The molecular weight excluding hydrogens is 162 g/mol. The highest BCUT2D eigenvalue weighted by molar-refractivity contribution is 5.81. The normalized spacial score (nSPS) is 13.5. The zero-order valence-corrected chi connectivity index (χ0v) is 7.86. The standard InChI is InChI=1S/C10H13N3/c1-7(11)9-5-3-4-8-6-13(2)12-10(8)9/h3-7H,11H2,1-2H3/t7-/m0/s1. The fourth-order valence-electron chi connectivity index (χ4n) is 1.55. The first-order valence-corrected chi connectivity index (χ1v) is 4.36. The Balaban J connectivity index is 2.75. The smallest absolute Gasteiger partial charge is 0.0970 e. The summed E-state index contributed by atoms with van der Waals surface area (Å²) in [5.41, 5.74) is 7.96. The molecule has 0 spiro atoms. The summed E-state index contributed by atoms with van der Waals surface area (Å²) in [5, 5.41) is 5.52. The van der Waals surface area contributed by atoms with Crippen LogP contribution in [0.5, 0.6) is 0 Å². The average Bonchev–Trinajstić information content (AvgIpc) is 2.43. The van der Waals surface area contributed by atoms with Crippen molar-refractivity contribution in [2.45, 2.75) is 13.0 Å². The predicted octanol–water partition coefficient (Wildman–Crippen LogP) is 1.59. The minimum absolute atomic E-state index is 0.0404. The Bertz CT molecular complexity index is 429. The van der Waals surface area contributed by atoms with Crippen LogP contribution < -0.4 is 5.73 Å². The van der Waals surface area contributed by atoms with Gasteiger partial charge in [0.15, 0.2) is 0 Å². The summed E-state index contributed by atoms with van der Waals surface area (Å²) in [6.07, 6.45) is 2.00. The minimum Gasteiger partial charge on any atom is -0.324 e. The lowest BCUT2D eigenvalue weighted by Gasteiger charge is -2.04. The van der Waals surface area contributed by atoms with Crippen LogP contribution in [-0.2, 0) is 7.05 Å². The minimum atomic E-state index is 0.0404. The molecule has 3 nitrogen and oxygen atoms in total. The molecule has 2 N–H and O–H groups in total. The Kier molecular flexibility index (Phi) is 1.81. The van der Waals surface area contributed by atoms with Crippen molar-refractivity contribution in [2.75, 3.05) is 0 Å². The maximum absolute atomic E-state index is 5.84. The Labute approximate surface area is 77.2 Å². The third kappa shape index (κ3) is 1.31. The summed E-state index contributed by atoms with van der Waals surface area (Å²) in [4.78, 5) is 0. The molecule has 0 saturated heterocycles. The average molecular weight is 175 g/mol. The first kappa shape index (κ1) is 8.26. The number of aromatic nitrogens is 2. The number of nitrogens with two attached hydrogens (primary N) is 1. The second-order valence-electron chi connectivity index (χ2n) is 3.38. The number of fused-ring (bicyclic) bond motifs is 1. The number of hydrogen-bond donors (Lipinski definition) is 1. The second-order valence-corrected chi connectivity index (χ2v) is 3.38. The monoisotopic (exact) mass is 175 g/mol. The first-order chi connectivity index (χ1) is 6.18. The molecule has 1 atom stereocenters.